The van der Waals surface area contributed by atoms with Crippen LogP contribution in [0.2, 0.25) is 0 Å². The highest BCUT2D eigenvalue weighted by molar-refractivity contribution is 4.45. The summed E-state index contributed by atoms with van der Waals surface area (Å²) < 4.78 is 0. The van der Waals surface area contributed by atoms with Gasteiger partial charge in [-0.15, -0.1) is 0 Å². The maximum absolute atomic E-state index is 8.70. The van der Waals surface area contributed by atoms with Gasteiger partial charge < -0.3 is 10.2 Å². The monoisotopic (exact) mass is 166 g/mol. The number of unbranched alkanes of at least 4 members (excludes halogenated alkanes) is 1. The molecule has 0 aliphatic carbocycles. The fourth-order valence-corrected chi connectivity index (χ4v) is 0.552. The number of hydrogen-bond donors (Lipinski definition) is 2. The SMILES string of the molecule is C.C.C.CC(O)CCCCO. The van der Waals surface area contributed by atoms with Crippen LogP contribution >= 0.6 is 0 Å². The molecule has 2 nitrogen and oxygen atoms in total. The zero-order valence-corrected chi connectivity index (χ0v) is 5.30. The van der Waals surface area contributed by atoms with Crippen LogP contribution in [0.5, 0.6) is 0 Å². The van der Waals surface area contributed by atoms with Crippen LogP contribution in [0.25, 0.3) is 0 Å². The van der Waals surface area contributed by atoms with Crippen molar-refractivity contribution in [3.8, 4) is 0 Å². The van der Waals surface area contributed by atoms with E-state index in [-0.39, 0.29) is 35.0 Å². The van der Waals surface area contributed by atoms with Gasteiger partial charge in [0, 0.05) is 6.61 Å². The summed E-state index contributed by atoms with van der Waals surface area (Å²) >= 11 is 0. The minimum absolute atomic E-state index is 0. The van der Waals surface area contributed by atoms with Crippen molar-refractivity contribution < 1.29 is 10.2 Å². The molecule has 0 aliphatic heterocycles. The van der Waals surface area contributed by atoms with Crippen molar-refractivity contribution in [2.45, 2.75) is 54.6 Å². The minimum atomic E-state index is -0.207. The Morgan fingerprint density at radius 2 is 1.55 bits per heavy atom. The lowest BCUT2D eigenvalue weighted by molar-refractivity contribution is 0.175. The van der Waals surface area contributed by atoms with Crippen molar-refractivity contribution in [3.63, 3.8) is 0 Å². The molecular weight excluding hydrogens is 140 g/mol. The summed E-state index contributed by atoms with van der Waals surface area (Å²) in [6, 6.07) is 0. The average Bonchev–Trinajstić information content (AvgIpc) is 1.66. The van der Waals surface area contributed by atoms with E-state index in [1.807, 2.05) is 0 Å². The maximum Gasteiger partial charge on any atom is 0.0512 e. The Morgan fingerprint density at radius 3 is 1.82 bits per heavy atom. The largest absolute Gasteiger partial charge is 0.396 e. The molecule has 0 aromatic heterocycles. The summed E-state index contributed by atoms with van der Waals surface area (Å²) in [7, 11) is 0. The van der Waals surface area contributed by atoms with E-state index >= 15 is 0 Å². The van der Waals surface area contributed by atoms with Gasteiger partial charge in [0.15, 0.2) is 0 Å². The van der Waals surface area contributed by atoms with Gasteiger partial charge in [-0.05, 0) is 26.2 Å². The zero-order valence-electron chi connectivity index (χ0n) is 5.30. The van der Waals surface area contributed by atoms with E-state index < -0.39 is 0 Å². The highest BCUT2D eigenvalue weighted by Crippen LogP contribution is 1.97. The highest BCUT2D eigenvalue weighted by Gasteiger charge is 1.92. The first-order valence-corrected chi connectivity index (χ1v) is 3.06. The normalized spacial score (nSPS) is 10.1. The molecule has 74 valence electrons. The van der Waals surface area contributed by atoms with Gasteiger partial charge in [0.05, 0.1) is 6.10 Å². The Balaban J connectivity index is -0.0000000817. The number of hydrogen-bond acceptors (Lipinski definition) is 2. The second kappa shape index (κ2) is 16.5. The zero-order chi connectivity index (χ0) is 6.41. The molecule has 0 aromatic carbocycles. The molecule has 11 heavy (non-hydrogen) atoms. The lowest BCUT2D eigenvalue weighted by Gasteiger charge is -1.99. The van der Waals surface area contributed by atoms with Crippen molar-refractivity contribution in [1.82, 2.24) is 0 Å². The Morgan fingerprint density at radius 1 is 1.09 bits per heavy atom. The maximum atomic E-state index is 8.70. The number of aliphatic hydroxyl groups excluding tert-OH is 2. The van der Waals surface area contributed by atoms with Crippen molar-refractivity contribution in [2.75, 3.05) is 6.61 Å². The van der Waals surface area contributed by atoms with Crippen LogP contribution in [0.3, 0.4) is 0 Å². The molecular formula is C9H26O2. The van der Waals surface area contributed by atoms with Crippen LogP contribution in [0.1, 0.15) is 48.5 Å². The fraction of sp³-hybridized carbons (Fsp3) is 1.00. The topological polar surface area (TPSA) is 40.5 Å². The Bertz CT molecular complexity index is 44.8. The van der Waals surface area contributed by atoms with Gasteiger partial charge in [-0.2, -0.15) is 0 Å². The standard InChI is InChI=1S/C6H14O2.3CH4/c1-6(8)4-2-3-5-7;;;/h6-8H,2-5H2,1H3;3*1H4. The molecule has 0 rings (SSSR count). The van der Waals surface area contributed by atoms with E-state index in [0.29, 0.717) is 0 Å². The third kappa shape index (κ3) is 25.7. The van der Waals surface area contributed by atoms with Gasteiger partial charge in [-0.1, -0.05) is 22.3 Å². The first-order chi connectivity index (χ1) is 3.77. The van der Waals surface area contributed by atoms with Crippen LogP contribution in [-0.2, 0) is 0 Å². The second-order valence-corrected chi connectivity index (χ2v) is 2.07. The van der Waals surface area contributed by atoms with E-state index in [1.165, 1.54) is 0 Å². The Hall–Kier alpha value is -0.0800. The van der Waals surface area contributed by atoms with Gasteiger partial charge >= 0.3 is 0 Å². The molecule has 0 saturated heterocycles. The van der Waals surface area contributed by atoms with E-state index in [9.17, 15) is 0 Å². The predicted octanol–water partition coefficient (Wildman–Crippen LogP) is 2.44. The average molecular weight is 166 g/mol. The molecule has 0 aromatic rings. The lowest BCUT2D eigenvalue weighted by Crippen LogP contribution is -1.98. The van der Waals surface area contributed by atoms with E-state index in [0.717, 1.165) is 19.3 Å². The predicted molar refractivity (Wildman–Crippen MR) is 52.8 cm³/mol. The number of rotatable bonds is 4. The van der Waals surface area contributed by atoms with E-state index in [1.54, 1.807) is 6.92 Å². The lowest BCUT2D eigenvalue weighted by atomic mass is 10.2. The van der Waals surface area contributed by atoms with Crippen LogP contribution in [0.15, 0.2) is 0 Å². The number of aliphatic hydroxyl groups is 2. The van der Waals surface area contributed by atoms with Gasteiger partial charge in [0.25, 0.3) is 0 Å². The Kier molecular flexibility index (Phi) is 33.6. The third-order valence-corrected chi connectivity index (χ3v) is 1.03. The summed E-state index contributed by atoms with van der Waals surface area (Å²) in [6.07, 6.45) is 2.33. The van der Waals surface area contributed by atoms with Crippen molar-refractivity contribution in [1.29, 1.82) is 0 Å². The summed E-state index contributed by atoms with van der Waals surface area (Å²) in [5.41, 5.74) is 0. The van der Waals surface area contributed by atoms with Crippen LogP contribution in [0.4, 0.5) is 0 Å². The minimum Gasteiger partial charge on any atom is -0.396 e. The molecule has 0 amide bonds. The molecule has 1 atom stereocenters. The first kappa shape index (κ1) is 22.4. The van der Waals surface area contributed by atoms with Crippen LogP contribution in [-0.4, -0.2) is 22.9 Å². The summed E-state index contributed by atoms with van der Waals surface area (Å²) in [5, 5.41) is 17.0. The molecule has 0 fully saturated rings. The van der Waals surface area contributed by atoms with Gasteiger partial charge in [0.2, 0.25) is 0 Å². The summed E-state index contributed by atoms with van der Waals surface area (Å²) in [6.45, 7) is 2.00. The first-order valence-electron chi connectivity index (χ1n) is 3.06. The smallest absolute Gasteiger partial charge is 0.0512 e. The van der Waals surface area contributed by atoms with Crippen molar-refractivity contribution in [3.05, 3.63) is 0 Å². The molecule has 0 saturated carbocycles. The van der Waals surface area contributed by atoms with Gasteiger partial charge in [-0.3, -0.25) is 0 Å². The molecule has 2 N–H and O–H groups in total. The molecule has 2 heteroatoms. The molecule has 0 spiro atoms. The molecule has 0 bridgehead atoms. The van der Waals surface area contributed by atoms with Crippen LogP contribution < -0.4 is 0 Å². The summed E-state index contributed by atoms with van der Waals surface area (Å²) in [5.74, 6) is 0. The van der Waals surface area contributed by atoms with Crippen molar-refractivity contribution in [2.24, 2.45) is 0 Å². The third-order valence-electron chi connectivity index (χ3n) is 1.03. The fourth-order valence-electron chi connectivity index (χ4n) is 0.552. The van der Waals surface area contributed by atoms with E-state index in [4.69, 9.17) is 10.2 Å². The quantitative estimate of drug-likeness (QED) is 0.630. The highest BCUT2D eigenvalue weighted by atomic mass is 16.3. The molecule has 0 aliphatic rings. The Labute approximate surface area is 72.3 Å². The van der Waals surface area contributed by atoms with Gasteiger partial charge in [-0.25, -0.2) is 0 Å². The van der Waals surface area contributed by atoms with E-state index in [2.05, 4.69) is 0 Å². The molecule has 0 heterocycles. The van der Waals surface area contributed by atoms with Crippen molar-refractivity contribution >= 4 is 0 Å². The summed E-state index contributed by atoms with van der Waals surface area (Å²) in [4.78, 5) is 0. The second-order valence-electron chi connectivity index (χ2n) is 2.07. The molecule has 0 radical (unpaired) electrons. The van der Waals surface area contributed by atoms with Gasteiger partial charge in [0.1, 0.15) is 0 Å². The van der Waals surface area contributed by atoms with Crippen LogP contribution in [0, 0.1) is 0 Å². The molecule has 1 unspecified atom stereocenters.